The van der Waals surface area contributed by atoms with Gasteiger partial charge in [-0.15, -0.1) is 11.3 Å². The summed E-state index contributed by atoms with van der Waals surface area (Å²) >= 11 is 1.70. The third-order valence-corrected chi connectivity index (χ3v) is 7.56. The number of aromatic nitrogens is 2. The average molecular weight is 371 g/mol. The van der Waals surface area contributed by atoms with E-state index in [1.165, 1.54) is 43.4 Å². The molecule has 4 bridgehead atoms. The molecular weight excluding hydrogens is 344 g/mol. The van der Waals surface area contributed by atoms with Crippen LogP contribution >= 0.6 is 11.3 Å². The van der Waals surface area contributed by atoms with Crippen molar-refractivity contribution in [3.05, 3.63) is 40.8 Å². The lowest BCUT2D eigenvalue weighted by molar-refractivity contribution is -0.0135. The van der Waals surface area contributed by atoms with Crippen molar-refractivity contribution < 1.29 is 4.79 Å². The lowest BCUT2D eigenvalue weighted by Gasteiger charge is -2.56. The summed E-state index contributed by atoms with van der Waals surface area (Å²) in [6.45, 7) is 0.556. The molecule has 4 saturated carbocycles. The van der Waals surface area contributed by atoms with Crippen LogP contribution in [0.3, 0.4) is 0 Å². The van der Waals surface area contributed by atoms with Gasteiger partial charge in [0, 0.05) is 29.4 Å². The summed E-state index contributed by atoms with van der Waals surface area (Å²) in [5, 5.41) is 13.0. The number of nitrogens with one attached hydrogen (secondary N) is 2. The molecule has 6 rings (SSSR count). The summed E-state index contributed by atoms with van der Waals surface area (Å²) in [4.78, 5) is 13.9. The number of carbonyl (C=O) groups is 1. The number of hydrogen-bond donors (Lipinski definition) is 2. The van der Waals surface area contributed by atoms with Gasteiger partial charge in [-0.05, 0) is 73.8 Å². The normalized spacial score (nSPS) is 33.2. The summed E-state index contributed by atoms with van der Waals surface area (Å²) < 4.78 is 1.93. The predicted octanol–water partition coefficient (Wildman–Crippen LogP) is 3.80. The fourth-order valence-corrected chi connectivity index (χ4v) is 6.83. The fourth-order valence-electron chi connectivity index (χ4n) is 6.01. The maximum absolute atomic E-state index is 12.7. The molecule has 6 heteroatoms. The number of nitrogens with zero attached hydrogens (tertiary/aromatic N) is 2. The van der Waals surface area contributed by atoms with Gasteiger partial charge in [-0.25, -0.2) is 4.79 Å². The van der Waals surface area contributed by atoms with Crippen LogP contribution in [0.1, 0.15) is 49.4 Å². The highest BCUT2D eigenvalue weighted by molar-refractivity contribution is 7.10. The highest BCUT2D eigenvalue weighted by atomic mass is 32.1. The first kappa shape index (κ1) is 16.4. The van der Waals surface area contributed by atoms with E-state index < -0.39 is 0 Å². The number of urea groups is 1. The molecule has 0 radical (unpaired) electrons. The Kier molecular flexibility index (Phi) is 4.03. The van der Waals surface area contributed by atoms with Crippen LogP contribution in [0.25, 0.3) is 0 Å². The molecule has 2 aromatic heterocycles. The maximum Gasteiger partial charge on any atom is 0.315 e. The second-order valence-electron chi connectivity index (χ2n) is 8.55. The number of hydrogen-bond acceptors (Lipinski definition) is 3. The van der Waals surface area contributed by atoms with Crippen molar-refractivity contribution in [1.29, 1.82) is 0 Å². The second-order valence-corrected chi connectivity index (χ2v) is 9.53. The van der Waals surface area contributed by atoms with Crippen LogP contribution in [-0.2, 0) is 0 Å². The molecule has 4 aliphatic carbocycles. The van der Waals surface area contributed by atoms with Crippen molar-refractivity contribution in [2.45, 2.75) is 50.1 Å². The molecule has 0 saturated heterocycles. The first-order valence-corrected chi connectivity index (χ1v) is 10.7. The van der Waals surface area contributed by atoms with Crippen LogP contribution in [0.4, 0.5) is 4.79 Å². The van der Waals surface area contributed by atoms with Crippen molar-refractivity contribution >= 4 is 17.4 Å². The van der Waals surface area contributed by atoms with Crippen molar-refractivity contribution in [3.63, 3.8) is 0 Å². The minimum Gasteiger partial charge on any atom is -0.336 e. The Morgan fingerprint density at radius 2 is 1.96 bits per heavy atom. The second kappa shape index (κ2) is 6.41. The predicted molar refractivity (Wildman–Crippen MR) is 102 cm³/mol. The van der Waals surface area contributed by atoms with Gasteiger partial charge in [-0.2, -0.15) is 5.10 Å². The molecule has 1 unspecified atom stereocenters. The minimum absolute atomic E-state index is 0.0133. The van der Waals surface area contributed by atoms with Gasteiger partial charge in [0.15, 0.2) is 0 Å². The Labute approximate surface area is 158 Å². The lowest BCUT2D eigenvalue weighted by atomic mass is 9.53. The van der Waals surface area contributed by atoms with E-state index in [1.54, 1.807) is 17.5 Å². The van der Waals surface area contributed by atoms with Crippen LogP contribution in [0.5, 0.6) is 0 Å². The van der Waals surface area contributed by atoms with E-state index in [9.17, 15) is 4.79 Å². The Morgan fingerprint density at radius 3 is 2.54 bits per heavy atom. The molecule has 138 valence electrons. The van der Waals surface area contributed by atoms with Crippen molar-refractivity contribution in [2.24, 2.45) is 17.8 Å². The van der Waals surface area contributed by atoms with Crippen LogP contribution in [-0.4, -0.2) is 27.9 Å². The molecule has 5 nitrogen and oxygen atoms in total. The van der Waals surface area contributed by atoms with Gasteiger partial charge in [-0.1, -0.05) is 6.07 Å². The molecule has 0 aromatic carbocycles. The quantitative estimate of drug-likeness (QED) is 0.841. The summed E-state index contributed by atoms with van der Waals surface area (Å²) in [6, 6.07) is 6.12. The third-order valence-electron chi connectivity index (χ3n) is 6.59. The molecule has 2 N–H and O–H groups in total. The summed E-state index contributed by atoms with van der Waals surface area (Å²) in [5.41, 5.74) is 0.0585. The molecular formula is C20H26N4OS. The first-order chi connectivity index (χ1) is 12.7. The van der Waals surface area contributed by atoms with Crippen LogP contribution in [0.2, 0.25) is 0 Å². The molecule has 0 spiro atoms. The van der Waals surface area contributed by atoms with E-state index in [0.717, 1.165) is 17.8 Å². The molecule has 2 heterocycles. The average Bonchev–Trinajstić information content (AvgIpc) is 3.27. The molecule has 4 aliphatic rings. The smallest absolute Gasteiger partial charge is 0.315 e. The monoisotopic (exact) mass is 370 g/mol. The van der Waals surface area contributed by atoms with Crippen molar-refractivity contribution in [2.75, 3.05) is 6.54 Å². The summed E-state index contributed by atoms with van der Waals surface area (Å²) in [7, 11) is 0. The van der Waals surface area contributed by atoms with E-state index in [-0.39, 0.29) is 17.6 Å². The van der Waals surface area contributed by atoms with Gasteiger partial charge >= 0.3 is 6.03 Å². The number of carbonyl (C=O) groups excluding carboxylic acids is 1. The number of rotatable bonds is 5. The fraction of sp³-hybridized carbons (Fsp3) is 0.600. The molecule has 26 heavy (non-hydrogen) atoms. The van der Waals surface area contributed by atoms with E-state index in [2.05, 4.69) is 27.2 Å². The van der Waals surface area contributed by atoms with Crippen LogP contribution < -0.4 is 10.6 Å². The SMILES string of the molecule is O=C(NCC(c1cccs1)n1cccn1)NC12CC3CC(CC(C3)C1)C2. The van der Waals surface area contributed by atoms with Crippen molar-refractivity contribution in [3.8, 4) is 0 Å². The Hall–Kier alpha value is -1.82. The van der Waals surface area contributed by atoms with E-state index in [0.29, 0.717) is 6.54 Å². The topological polar surface area (TPSA) is 59.0 Å². The molecule has 0 aliphatic heterocycles. The molecule has 2 amide bonds. The van der Waals surface area contributed by atoms with Gasteiger partial charge in [0.1, 0.15) is 6.04 Å². The minimum atomic E-state index is -0.0133. The number of thiophene rings is 1. The third kappa shape index (κ3) is 3.04. The van der Waals surface area contributed by atoms with Gasteiger partial charge < -0.3 is 10.6 Å². The van der Waals surface area contributed by atoms with Gasteiger partial charge in [0.05, 0.1) is 0 Å². The van der Waals surface area contributed by atoms with Gasteiger partial charge in [-0.3, -0.25) is 4.68 Å². The Bertz CT molecular complexity index is 685. The van der Waals surface area contributed by atoms with Gasteiger partial charge in [0.25, 0.3) is 0 Å². The standard InChI is InChI=1S/C20H26N4OS/c25-19(23-20-10-14-7-15(11-20)9-16(8-14)12-20)21-13-17(18-3-1-6-26-18)24-5-2-4-22-24/h1-6,14-17H,7-13H2,(H2,21,23,25). The summed E-state index contributed by atoms with van der Waals surface area (Å²) in [5.74, 6) is 2.51. The summed E-state index contributed by atoms with van der Waals surface area (Å²) in [6.07, 6.45) is 11.5. The lowest BCUT2D eigenvalue weighted by Crippen LogP contribution is -2.61. The molecule has 1 atom stereocenters. The number of amides is 2. The highest BCUT2D eigenvalue weighted by Crippen LogP contribution is 2.55. The van der Waals surface area contributed by atoms with Crippen LogP contribution in [0.15, 0.2) is 36.0 Å². The zero-order chi connectivity index (χ0) is 17.6. The zero-order valence-electron chi connectivity index (χ0n) is 14.9. The van der Waals surface area contributed by atoms with E-state index in [4.69, 9.17) is 0 Å². The molecule has 4 fully saturated rings. The highest BCUT2D eigenvalue weighted by Gasteiger charge is 2.51. The van der Waals surface area contributed by atoms with Crippen molar-refractivity contribution in [1.82, 2.24) is 20.4 Å². The maximum atomic E-state index is 12.7. The van der Waals surface area contributed by atoms with E-state index in [1.807, 2.05) is 23.0 Å². The first-order valence-electron chi connectivity index (χ1n) is 9.78. The van der Waals surface area contributed by atoms with E-state index >= 15 is 0 Å². The molecule has 2 aromatic rings. The van der Waals surface area contributed by atoms with Crippen LogP contribution in [0, 0.1) is 17.8 Å². The largest absolute Gasteiger partial charge is 0.336 e. The Balaban J connectivity index is 1.24. The zero-order valence-corrected chi connectivity index (χ0v) is 15.8. The Morgan fingerprint density at radius 1 is 1.23 bits per heavy atom. The van der Waals surface area contributed by atoms with Gasteiger partial charge in [0.2, 0.25) is 0 Å².